The number of guanidine groups is 1. The third-order valence-corrected chi connectivity index (χ3v) is 5.84. The molecule has 146 valence electrons. The molecule has 0 amide bonds. The van der Waals surface area contributed by atoms with E-state index in [1.54, 1.807) is 19.2 Å². The second-order valence-corrected chi connectivity index (χ2v) is 8.05. The molecule has 0 aliphatic carbocycles. The molecule has 2 N–H and O–H groups in total. The van der Waals surface area contributed by atoms with Gasteiger partial charge in [-0.3, -0.25) is 4.99 Å². The molecule has 0 radical (unpaired) electrons. The summed E-state index contributed by atoms with van der Waals surface area (Å²) in [5.41, 5.74) is 0.878. The van der Waals surface area contributed by atoms with Gasteiger partial charge in [0, 0.05) is 24.9 Å². The number of thioether (sulfide) groups is 1. The molecule has 26 heavy (non-hydrogen) atoms. The van der Waals surface area contributed by atoms with Gasteiger partial charge in [-0.2, -0.15) is 20.5 Å². The molecule has 1 fully saturated rings. The second kappa shape index (κ2) is 9.85. The zero-order valence-corrected chi connectivity index (χ0v) is 16.3. The van der Waals surface area contributed by atoms with E-state index < -0.39 is 6.61 Å². The third kappa shape index (κ3) is 6.23. The fraction of sp³-hybridized carbons (Fsp3) is 0.611. The van der Waals surface area contributed by atoms with Crippen molar-refractivity contribution in [3.05, 3.63) is 23.8 Å². The average Bonchev–Trinajstić information content (AvgIpc) is 3.04. The number of nitrogens with zero attached hydrogens (tertiary/aromatic N) is 1. The number of halogens is 2. The molecular weight excluding hydrogens is 360 g/mol. The van der Waals surface area contributed by atoms with Crippen molar-refractivity contribution in [1.82, 2.24) is 10.6 Å². The van der Waals surface area contributed by atoms with Gasteiger partial charge in [-0.15, -0.1) is 0 Å². The monoisotopic (exact) mass is 387 g/mol. The predicted octanol–water partition coefficient (Wildman–Crippen LogP) is 3.29. The Labute approximate surface area is 157 Å². The van der Waals surface area contributed by atoms with Crippen molar-refractivity contribution in [2.45, 2.75) is 37.5 Å². The average molecular weight is 387 g/mol. The maximum absolute atomic E-state index is 12.5. The quantitative estimate of drug-likeness (QED) is 0.530. The highest BCUT2D eigenvalue weighted by molar-refractivity contribution is 8.00. The first-order chi connectivity index (χ1) is 12.5. The van der Waals surface area contributed by atoms with E-state index in [4.69, 9.17) is 4.74 Å². The molecule has 1 heterocycles. The SMILES string of the molecule is CN=C(NCCc1ccc(OC)c(OC(F)F)c1)NCC1(C)CCCS1. The van der Waals surface area contributed by atoms with Crippen molar-refractivity contribution >= 4 is 17.7 Å². The lowest BCUT2D eigenvalue weighted by Gasteiger charge is -2.24. The smallest absolute Gasteiger partial charge is 0.387 e. The van der Waals surface area contributed by atoms with Gasteiger partial charge in [-0.05, 0) is 49.6 Å². The Morgan fingerprint density at radius 2 is 2.15 bits per heavy atom. The lowest BCUT2D eigenvalue weighted by atomic mass is 10.1. The van der Waals surface area contributed by atoms with Crippen LogP contribution in [0.5, 0.6) is 11.5 Å². The molecule has 1 aromatic carbocycles. The number of aliphatic imine (C=N–C) groups is 1. The van der Waals surface area contributed by atoms with Gasteiger partial charge in [0.25, 0.3) is 0 Å². The van der Waals surface area contributed by atoms with Gasteiger partial charge in [0.2, 0.25) is 0 Å². The van der Waals surface area contributed by atoms with Crippen molar-refractivity contribution < 1.29 is 18.3 Å². The van der Waals surface area contributed by atoms with Crippen molar-refractivity contribution in [3.63, 3.8) is 0 Å². The van der Waals surface area contributed by atoms with Gasteiger partial charge >= 0.3 is 6.61 Å². The van der Waals surface area contributed by atoms with Crippen molar-refractivity contribution in [2.24, 2.45) is 4.99 Å². The Hall–Kier alpha value is -1.70. The minimum absolute atomic E-state index is 0.0497. The maximum Gasteiger partial charge on any atom is 0.387 e. The first-order valence-electron chi connectivity index (χ1n) is 8.66. The van der Waals surface area contributed by atoms with Crippen molar-refractivity contribution in [3.8, 4) is 11.5 Å². The number of hydrogen-bond donors (Lipinski definition) is 2. The molecule has 0 saturated carbocycles. The minimum Gasteiger partial charge on any atom is -0.493 e. The summed E-state index contributed by atoms with van der Waals surface area (Å²) in [6, 6.07) is 5.06. The normalized spacial score (nSPS) is 20.3. The van der Waals surface area contributed by atoms with Gasteiger partial charge in [-0.1, -0.05) is 6.07 Å². The Morgan fingerprint density at radius 1 is 1.35 bits per heavy atom. The summed E-state index contributed by atoms with van der Waals surface area (Å²) in [6.45, 7) is 0.887. The first kappa shape index (κ1) is 20.6. The standard InChI is InChI=1S/C18H27F2N3O2S/c1-18(8-4-10-26-18)12-23-17(21-2)22-9-7-13-5-6-14(24-3)15(11-13)25-16(19)20/h5-6,11,16H,4,7-10,12H2,1-3H3,(H2,21,22,23). The van der Waals surface area contributed by atoms with Crippen LogP contribution in [0.2, 0.25) is 0 Å². The van der Waals surface area contributed by atoms with Crippen LogP contribution >= 0.6 is 11.8 Å². The summed E-state index contributed by atoms with van der Waals surface area (Å²) in [4.78, 5) is 4.24. The van der Waals surface area contributed by atoms with Gasteiger partial charge < -0.3 is 20.1 Å². The molecule has 0 bridgehead atoms. The fourth-order valence-electron chi connectivity index (χ4n) is 2.86. The Kier molecular flexibility index (Phi) is 7.81. The van der Waals surface area contributed by atoms with E-state index in [1.165, 1.54) is 25.7 Å². The van der Waals surface area contributed by atoms with Crippen LogP contribution in [0.1, 0.15) is 25.3 Å². The Balaban J connectivity index is 1.83. The lowest BCUT2D eigenvalue weighted by Crippen LogP contribution is -2.44. The largest absolute Gasteiger partial charge is 0.493 e. The molecule has 1 atom stereocenters. The van der Waals surface area contributed by atoms with Crippen LogP contribution in [-0.2, 0) is 6.42 Å². The van der Waals surface area contributed by atoms with Crippen LogP contribution in [-0.4, -0.2) is 50.3 Å². The molecule has 0 aromatic heterocycles. The summed E-state index contributed by atoms with van der Waals surface area (Å²) < 4.78 is 34.8. The molecule has 2 rings (SSSR count). The molecule has 1 aliphatic rings. The Morgan fingerprint density at radius 3 is 2.77 bits per heavy atom. The number of ether oxygens (including phenoxy) is 2. The van der Waals surface area contributed by atoms with Gasteiger partial charge in [-0.25, -0.2) is 0 Å². The van der Waals surface area contributed by atoms with Crippen LogP contribution in [0, 0.1) is 0 Å². The highest BCUT2D eigenvalue weighted by Crippen LogP contribution is 2.36. The lowest BCUT2D eigenvalue weighted by molar-refractivity contribution is -0.0512. The van der Waals surface area contributed by atoms with Gasteiger partial charge in [0.15, 0.2) is 17.5 Å². The number of rotatable bonds is 8. The topological polar surface area (TPSA) is 54.9 Å². The van der Waals surface area contributed by atoms with Crippen LogP contribution in [0.15, 0.2) is 23.2 Å². The van der Waals surface area contributed by atoms with E-state index in [0.29, 0.717) is 18.7 Å². The fourth-order valence-corrected chi connectivity index (χ4v) is 4.10. The van der Waals surface area contributed by atoms with Crippen LogP contribution in [0.3, 0.4) is 0 Å². The number of hydrogen-bond acceptors (Lipinski definition) is 4. The molecule has 5 nitrogen and oxygen atoms in total. The molecular formula is C18H27F2N3O2S. The zero-order chi connectivity index (χ0) is 19.0. The predicted molar refractivity (Wildman–Crippen MR) is 103 cm³/mol. The zero-order valence-electron chi connectivity index (χ0n) is 15.5. The summed E-state index contributed by atoms with van der Waals surface area (Å²) in [6.07, 6.45) is 3.12. The summed E-state index contributed by atoms with van der Waals surface area (Å²) in [7, 11) is 3.16. The maximum atomic E-state index is 12.5. The third-order valence-electron chi connectivity index (χ3n) is 4.30. The van der Waals surface area contributed by atoms with E-state index in [9.17, 15) is 8.78 Å². The van der Waals surface area contributed by atoms with Crippen LogP contribution in [0.25, 0.3) is 0 Å². The molecule has 1 unspecified atom stereocenters. The molecule has 1 aromatic rings. The summed E-state index contributed by atoms with van der Waals surface area (Å²) >= 11 is 2.00. The number of alkyl halides is 2. The molecule has 0 spiro atoms. The molecule has 1 saturated heterocycles. The number of benzene rings is 1. The van der Waals surface area contributed by atoms with E-state index in [1.807, 2.05) is 17.8 Å². The molecule has 1 aliphatic heterocycles. The number of methoxy groups -OCH3 is 1. The minimum atomic E-state index is -2.88. The van der Waals surface area contributed by atoms with E-state index >= 15 is 0 Å². The van der Waals surface area contributed by atoms with Crippen LogP contribution < -0.4 is 20.1 Å². The van der Waals surface area contributed by atoms with E-state index in [-0.39, 0.29) is 10.5 Å². The summed E-state index contributed by atoms with van der Waals surface area (Å²) in [5, 5.41) is 6.63. The van der Waals surface area contributed by atoms with Crippen molar-refractivity contribution in [2.75, 3.05) is 33.0 Å². The van der Waals surface area contributed by atoms with Crippen molar-refractivity contribution in [1.29, 1.82) is 0 Å². The van der Waals surface area contributed by atoms with Gasteiger partial charge in [0.05, 0.1) is 7.11 Å². The second-order valence-electron chi connectivity index (χ2n) is 6.37. The van der Waals surface area contributed by atoms with E-state index in [2.05, 4.69) is 27.3 Å². The first-order valence-corrected chi connectivity index (χ1v) is 9.64. The van der Waals surface area contributed by atoms with Gasteiger partial charge in [0.1, 0.15) is 0 Å². The summed E-state index contributed by atoms with van der Waals surface area (Å²) in [5.74, 6) is 2.30. The van der Waals surface area contributed by atoms with E-state index in [0.717, 1.165) is 18.1 Å². The highest BCUT2D eigenvalue weighted by Gasteiger charge is 2.29. The molecule has 8 heteroatoms. The highest BCUT2D eigenvalue weighted by atomic mass is 32.2. The van der Waals surface area contributed by atoms with Crippen LogP contribution in [0.4, 0.5) is 8.78 Å². The number of nitrogens with one attached hydrogen (secondary N) is 2. The Bertz CT molecular complexity index is 608.